The number of nitrogens with one attached hydrogen (secondary N) is 1. The van der Waals surface area contributed by atoms with Gasteiger partial charge in [0.1, 0.15) is 11.4 Å². The molecule has 0 amide bonds. The van der Waals surface area contributed by atoms with Crippen molar-refractivity contribution in [2.75, 3.05) is 17.7 Å². The van der Waals surface area contributed by atoms with E-state index in [1.807, 2.05) is 0 Å². The van der Waals surface area contributed by atoms with Crippen molar-refractivity contribution < 1.29 is 9.53 Å². The Morgan fingerprint density at radius 1 is 1.65 bits per heavy atom. The molecular formula is C12H17N3O2. The highest BCUT2D eigenvalue weighted by molar-refractivity contribution is 5.95. The van der Waals surface area contributed by atoms with Crippen LogP contribution >= 0.6 is 0 Å². The molecule has 0 bridgehead atoms. The molecule has 2 rings (SSSR count). The van der Waals surface area contributed by atoms with Gasteiger partial charge in [0, 0.05) is 5.54 Å². The molecule has 1 heterocycles. The second-order valence-corrected chi connectivity index (χ2v) is 4.57. The predicted molar refractivity (Wildman–Crippen MR) is 65.9 cm³/mol. The number of esters is 1. The van der Waals surface area contributed by atoms with Crippen LogP contribution in [0, 0.1) is 0 Å². The van der Waals surface area contributed by atoms with E-state index in [9.17, 15) is 4.79 Å². The number of aromatic nitrogens is 1. The van der Waals surface area contributed by atoms with Crippen LogP contribution in [0.2, 0.25) is 0 Å². The van der Waals surface area contributed by atoms with Gasteiger partial charge < -0.3 is 15.8 Å². The smallest absolute Gasteiger partial charge is 0.341 e. The molecule has 0 aromatic carbocycles. The molecule has 17 heavy (non-hydrogen) atoms. The summed E-state index contributed by atoms with van der Waals surface area (Å²) in [6.07, 6.45) is 3.71. The third-order valence-corrected chi connectivity index (χ3v) is 2.82. The van der Waals surface area contributed by atoms with Crippen LogP contribution in [0.3, 0.4) is 0 Å². The topological polar surface area (TPSA) is 77.2 Å². The molecule has 92 valence electrons. The van der Waals surface area contributed by atoms with E-state index in [1.165, 1.54) is 6.20 Å². The normalized spacial score (nSPS) is 16.4. The van der Waals surface area contributed by atoms with E-state index in [0.29, 0.717) is 23.7 Å². The Kier molecular flexibility index (Phi) is 2.92. The van der Waals surface area contributed by atoms with Gasteiger partial charge in [0.25, 0.3) is 0 Å². The lowest BCUT2D eigenvalue weighted by Gasteiger charge is -2.15. The number of hydrogen-bond donors (Lipinski definition) is 2. The molecule has 1 fully saturated rings. The van der Waals surface area contributed by atoms with E-state index in [-0.39, 0.29) is 11.5 Å². The second-order valence-electron chi connectivity index (χ2n) is 4.57. The summed E-state index contributed by atoms with van der Waals surface area (Å²) in [5, 5.41) is 3.26. The highest BCUT2D eigenvalue weighted by atomic mass is 16.5. The molecule has 0 unspecified atom stereocenters. The lowest BCUT2D eigenvalue weighted by Crippen LogP contribution is -2.20. The van der Waals surface area contributed by atoms with Crippen LogP contribution in [0.5, 0.6) is 0 Å². The first-order chi connectivity index (χ1) is 8.04. The monoisotopic (exact) mass is 235 g/mol. The van der Waals surface area contributed by atoms with Crippen LogP contribution in [0.4, 0.5) is 11.5 Å². The highest BCUT2D eigenvalue weighted by Crippen LogP contribution is 2.38. The molecule has 0 atom stereocenters. The van der Waals surface area contributed by atoms with Crippen LogP contribution in [0.15, 0.2) is 12.3 Å². The predicted octanol–water partition coefficient (Wildman–Crippen LogP) is 1.80. The molecule has 5 heteroatoms. The first-order valence-corrected chi connectivity index (χ1v) is 5.75. The van der Waals surface area contributed by atoms with Gasteiger partial charge in [0.05, 0.1) is 18.5 Å². The van der Waals surface area contributed by atoms with Crippen LogP contribution in [-0.4, -0.2) is 23.1 Å². The summed E-state index contributed by atoms with van der Waals surface area (Å²) in [7, 11) is 0. The fraction of sp³-hybridized carbons (Fsp3) is 0.500. The number of nitrogen functional groups attached to an aromatic ring is 1. The van der Waals surface area contributed by atoms with Gasteiger partial charge >= 0.3 is 5.97 Å². The standard InChI is InChI=1S/C12H17N3O2/c1-3-17-11(16)9-6-8(13)7-14-10(9)15-12(2)4-5-12/h6-7H,3-5,13H2,1-2H3,(H,14,15). The fourth-order valence-electron chi connectivity index (χ4n) is 1.54. The van der Waals surface area contributed by atoms with Gasteiger partial charge in [0.15, 0.2) is 0 Å². The van der Waals surface area contributed by atoms with Crippen molar-refractivity contribution in [3.05, 3.63) is 17.8 Å². The zero-order valence-electron chi connectivity index (χ0n) is 10.1. The molecule has 1 aliphatic rings. The molecule has 0 aliphatic heterocycles. The van der Waals surface area contributed by atoms with Crippen LogP contribution < -0.4 is 11.1 Å². The fourth-order valence-corrected chi connectivity index (χ4v) is 1.54. The summed E-state index contributed by atoms with van der Waals surface area (Å²) in [6.45, 7) is 4.21. The average Bonchev–Trinajstić information content (AvgIpc) is 2.99. The SMILES string of the molecule is CCOC(=O)c1cc(N)cnc1NC1(C)CC1. The van der Waals surface area contributed by atoms with Gasteiger partial charge in [-0.2, -0.15) is 0 Å². The van der Waals surface area contributed by atoms with Gasteiger partial charge in [-0.05, 0) is 32.8 Å². The molecule has 1 aromatic heterocycles. The average molecular weight is 235 g/mol. The van der Waals surface area contributed by atoms with E-state index in [2.05, 4.69) is 17.2 Å². The van der Waals surface area contributed by atoms with Crippen molar-refractivity contribution in [3.63, 3.8) is 0 Å². The van der Waals surface area contributed by atoms with E-state index in [1.54, 1.807) is 13.0 Å². The number of ether oxygens (including phenoxy) is 1. The Hall–Kier alpha value is -1.78. The van der Waals surface area contributed by atoms with Gasteiger partial charge in [-0.15, -0.1) is 0 Å². The minimum atomic E-state index is -0.390. The largest absolute Gasteiger partial charge is 0.462 e. The van der Waals surface area contributed by atoms with Crippen molar-refractivity contribution in [1.82, 2.24) is 4.98 Å². The van der Waals surface area contributed by atoms with Gasteiger partial charge in [0.2, 0.25) is 0 Å². The van der Waals surface area contributed by atoms with Gasteiger partial charge in [-0.3, -0.25) is 0 Å². The van der Waals surface area contributed by atoms with Crippen molar-refractivity contribution in [2.24, 2.45) is 0 Å². The van der Waals surface area contributed by atoms with Gasteiger partial charge in [-0.25, -0.2) is 9.78 Å². The summed E-state index contributed by atoms with van der Waals surface area (Å²) >= 11 is 0. The lowest BCUT2D eigenvalue weighted by molar-refractivity contribution is 0.0527. The first kappa shape index (κ1) is 11.7. The van der Waals surface area contributed by atoms with Crippen molar-refractivity contribution in [2.45, 2.75) is 32.2 Å². The Labute approximate surface area is 100 Å². The summed E-state index contributed by atoms with van der Waals surface area (Å²) in [5.74, 6) is 0.164. The third-order valence-electron chi connectivity index (χ3n) is 2.82. The van der Waals surface area contributed by atoms with Crippen LogP contribution in [-0.2, 0) is 4.74 Å². The number of nitrogens with zero attached hydrogens (tertiary/aromatic N) is 1. The van der Waals surface area contributed by atoms with E-state index >= 15 is 0 Å². The Balaban J connectivity index is 2.26. The number of pyridine rings is 1. The lowest BCUT2D eigenvalue weighted by atomic mass is 10.2. The summed E-state index contributed by atoms with van der Waals surface area (Å²) < 4.78 is 4.98. The molecule has 1 aromatic rings. The molecule has 1 saturated carbocycles. The molecule has 1 aliphatic carbocycles. The zero-order chi connectivity index (χ0) is 12.5. The molecule has 0 saturated heterocycles. The minimum absolute atomic E-state index is 0.0599. The minimum Gasteiger partial charge on any atom is -0.462 e. The summed E-state index contributed by atoms with van der Waals surface area (Å²) in [6, 6.07) is 1.60. The Bertz CT molecular complexity index is 441. The molecule has 0 radical (unpaired) electrons. The molecular weight excluding hydrogens is 218 g/mol. The number of carbonyl (C=O) groups excluding carboxylic acids is 1. The number of rotatable bonds is 4. The molecule has 5 nitrogen and oxygen atoms in total. The summed E-state index contributed by atoms with van der Waals surface area (Å²) in [5.41, 5.74) is 6.56. The van der Waals surface area contributed by atoms with Crippen LogP contribution in [0.1, 0.15) is 37.0 Å². The Morgan fingerprint density at radius 3 is 2.94 bits per heavy atom. The quantitative estimate of drug-likeness (QED) is 0.778. The first-order valence-electron chi connectivity index (χ1n) is 5.75. The summed E-state index contributed by atoms with van der Waals surface area (Å²) in [4.78, 5) is 15.9. The maximum absolute atomic E-state index is 11.8. The van der Waals surface area contributed by atoms with E-state index in [0.717, 1.165) is 12.8 Å². The van der Waals surface area contributed by atoms with E-state index < -0.39 is 0 Å². The number of anilines is 2. The maximum Gasteiger partial charge on any atom is 0.341 e. The second kappa shape index (κ2) is 4.24. The number of nitrogens with two attached hydrogens (primary N) is 1. The third kappa shape index (κ3) is 2.67. The maximum atomic E-state index is 11.8. The van der Waals surface area contributed by atoms with E-state index in [4.69, 9.17) is 10.5 Å². The van der Waals surface area contributed by atoms with Crippen molar-refractivity contribution in [1.29, 1.82) is 0 Å². The molecule has 0 spiro atoms. The number of carbonyl (C=O) groups is 1. The Morgan fingerprint density at radius 2 is 2.35 bits per heavy atom. The molecule has 3 N–H and O–H groups in total. The van der Waals surface area contributed by atoms with Crippen LogP contribution in [0.25, 0.3) is 0 Å². The van der Waals surface area contributed by atoms with Crippen molar-refractivity contribution >= 4 is 17.5 Å². The highest BCUT2D eigenvalue weighted by Gasteiger charge is 2.38. The van der Waals surface area contributed by atoms with Crippen molar-refractivity contribution in [3.8, 4) is 0 Å². The number of hydrogen-bond acceptors (Lipinski definition) is 5. The zero-order valence-corrected chi connectivity index (χ0v) is 10.1. The van der Waals surface area contributed by atoms with Gasteiger partial charge in [-0.1, -0.05) is 0 Å².